The third-order valence-electron chi connectivity index (χ3n) is 3.26. The van der Waals surface area contributed by atoms with Crippen LogP contribution < -0.4 is 16.4 Å². The summed E-state index contributed by atoms with van der Waals surface area (Å²) in [6.07, 6.45) is -1.26. The van der Waals surface area contributed by atoms with Gasteiger partial charge in [-0.25, -0.2) is 4.79 Å². The Kier molecular flexibility index (Phi) is 7.15. The van der Waals surface area contributed by atoms with Gasteiger partial charge in [-0.1, -0.05) is 12.1 Å². The molecule has 24 heavy (non-hydrogen) atoms. The Morgan fingerprint density at radius 1 is 1.17 bits per heavy atom. The van der Waals surface area contributed by atoms with Gasteiger partial charge in [0.15, 0.2) is 0 Å². The Bertz CT molecular complexity index is 587. The molecule has 1 rings (SSSR count). The van der Waals surface area contributed by atoms with Gasteiger partial charge in [-0.15, -0.1) is 0 Å². The van der Waals surface area contributed by atoms with Crippen molar-refractivity contribution in [3.05, 3.63) is 29.8 Å². The minimum Gasteiger partial charge on any atom is -0.508 e. The molecule has 3 unspecified atom stereocenters. The molecule has 0 heterocycles. The van der Waals surface area contributed by atoms with Crippen LogP contribution in [0.2, 0.25) is 0 Å². The van der Waals surface area contributed by atoms with Crippen molar-refractivity contribution in [2.24, 2.45) is 5.73 Å². The smallest absolute Gasteiger partial charge is 0.326 e. The Morgan fingerprint density at radius 3 is 2.21 bits per heavy atom. The van der Waals surface area contributed by atoms with Gasteiger partial charge in [0.1, 0.15) is 17.8 Å². The summed E-state index contributed by atoms with van der Waals surface area (Å²) in [4.78, 5) is 34.8. The molecule has 7 N–H and O–H groups in total. The summed E-state index contributed by atoms with van der Waals surface area (Å²) in [5, 5.41) is 32.6. The number of rotatable bonds is 8. The van der Waals surface area contributed by atoms with Crippen LogP contribution in [-0.2, 0) is 20.8 Å². The molecular formula is C15H21N3O6. The van der Waals surface area contributed by atoms with Gasteiger partial charge in [-0.05, 0) is 24.6 Å². The van der Waals surface area contributed by atoms with Crippen molar-refractivity contribution in [3.63, 3.8) is 0 Å². The normalized spacial score (nSPS) is 14.3. The van der Waals surface area contributed by atoms with Gasteiger partial charge >= 0.3 is 5.97 Å². The predicted octanol–water partition coefficient (Wildman–Crippen LogP) is -1.67. The van der Waals surface area contributed by atoms with Crippen molar-refractivity contribution >= 4 is 17.8 Å². The Morgan fingerprint density at radius 2 is 1.75 bits per heavy atom. The highest BCUT2D eigenvalue weighted by atomic mass is 16.4. The highest BCUT2D eigenvalue weighted by Gasteiger charge is 2.29. The molecule has 0 aliphatic heterocycles. The molecule has 0 aliphatic carbocycles. The summed E-state index contributed by atoms with van der Waals surface area (Å²) in [5.41, 5.74) is 5.73. The Balaban J connectivity index is 2.81. The SMILES string of the molecule is CC(O)C(NC(=O)CN)C(=O)NC(Cc1ccc(O)cc1)C(=O)O. The van der Waals surface area contributed by atoms with Crippen LogP contribution in [0.5, 0.6) is 5.75 Å². The van der Waals surface area contributed by atoms with Crippen LogP contribution in [-0.4, -0.2) is 57.8 Å². The number of carboxylic acid groups (broad SMARTS) is 1. The van der Waals surface area contributed by atoms with E-state index in [1.165, 1.54) is 31.2 Å². The van der Waals surface area contributed by atoms with E-state index in [9.17, 15) is 29.7 Å². The fourth-order valence-electron chi connectivity index (χ4n) is 1.97. The average Bonchev–Trinajstić information content (AvgIpc) is 2.53. The third-order valence-corrected chi connectivity index (χ3v) is 3.26. The van der Waals surface area contributed by atoms with Crippen molar-refractivity contribution in [1.82, 2.24) is 10.6 Å². The number of phenolic OH excluding ortho intramolecular Hbond substituents is 1. The second-order valence-corrected chi connectivity index (χ2v) is 5.26. The molecule has 0 spiro atoms. The molecule has 3 atom stereocenters. The fraction of sp³-hybridized carbons (Fsp3) is 0.400. The van der Waals surface area contributed by atoms with Gasteiger partial charge in [-0.3, -0.25) is 9.59 Å². The number of amides is 2. The van der Waals surface area contributed by atoms with E-state index in [1.807, 2.05) is 0 Å². The first-order chi connectivity index (χ1) is 11.2. The quantitative estimate of drug-likeness (QED) is 0.330. The van der Waals surface area contributed by atoms with E-state index < -0.39 is 36.0 Å². The van der Waals surface area contributed by atoms with E-state index >= 15 is 0 Å². The van der Waals surface area contributed by atoms with Crippen LogP contribution in [0, 0.1) is 0 Å². The van der Waals surface area contributed by atoms with E-state index in [0.717, 1.165) is 0 Å². The first-order valence-corrected chi connectivity index (χ1v) is 7.23. The maximum atomic E-state index is 12.2. The lowest BCUT2D eigenvalue weighted by molar-refractivity contribution is -0.142. The number of carbonyl (C=O) groups excluding carboxylic acids is 2. The molecule has 2 amide bonds. The molecule has 9 nitrogen and oxygen atoms in total. The van der Waals surface area contributed by atoms with Crippen molar-refractivity contribution in [2.75, 3.05) is 6.54 Å². The number of nitrogens with two attached hydrogens (primary N) is 1. The second-order valence-electron chi connectivity index (χ2n) is 5.26. The van der Waals surface area contributed by atoms with E-state index in [1.54, 1.807) is 0 Å². The van der Waals surface area contributed by atoms with Gasteiger partial charge in [0.2, 0.25) is 11.8 Å². The number of carboxylic acids is 1. The number of hydrogen-bond donors (Lipinski definition) is 6. The van der Waals surface area contributed by atoms with Gasteiger partial charge in [0.05, 0.1) is 12.6 Å². The number of hydrogen-bond acceptors (Lipinski definition) is 6. The van der Waals surface area contributed by atoms with E-state index in [2.05, 4.69) is 10.6 Å². The van der Waals surface area contributed by atoms with Crippen LogP contribution >= 0.6 is 0 Å². The van der Waals surface area contributed by atoms with E-state index in [4.69, 9.17) is 5.73 Å². The molecule has 0 aromatic heterocycles. The van der Waals surface area contributed by atoms with Crippen LogP contribution in [0.1, 0.15) is 12.5 Å². The highest BCUT2D eigenvalue weighted by Crippen LogP contribution is 2.11. The summed E-state index contributed by atoms with van der Waals surface area (Å²) in [6.45, 7) is 0.920. The van der Waals surface area contributed by atoms with Crippen molar-refractivity contribution in [3.8, 4) is 5.75 Å². The maximum Gasteiger partial charge on any atom is 0.326 e. The van der Waals surface area contributed by atoms with E-state index in [0.29, 0.717) is 5.56 Å². The minimum absolute atomic E-state index is 0.0290. The summed E-state index contributed by atoms with van der Waals surface area (Å²) in [7, 11) is 0. The van der Waals surface area contributed by atoms with Crippen LogP contribution in [0.25, 0.3) is 0 Å². The molecule has 132 valence electrons. The minimum atomic E-state index is -1.32. The number of nitrogens with one attached hydrogen (secondary N) is 2. The van der Waals surface area contributed by atoms with Gasteiger partial charge in [0, 0.05) is 6.42 Å². The summed E-state index contributed by atoms with van der Waals surface area (Å²) < 4.78 is 0. The third kappa shape index (κ3) is 5.86. The molecule has 1 aromatic carbocycles. The van der Waals surface area contributed by atoms with E-state index in [-0.39, 0.29) is 18.7 Å². The molecule has 0 aliphatic rings. The number of aliphatic carboxylic acids is 1. The first kappa shape index (κ1) is 19.4. The second kappa shape index (κ2) is 8.85. The fourth-order valence-corrected chi connectivity index (χ4v) is 1.97. The molecule has 0 saturated carbocycles. The van der Waals surface area contributed by atoms with Gasteiger partial charge < -0.3 is 31.7 Å². The zero-order valence-corrected chi connectivity index (χ0v) is 13.1. The average molecular weight is 339 g/mol. The number of aliphatic hydroxyl groups excluding tert-OH is 1. The van der Waals surface area contributed by atoms with Crippen LogP contribution in [0.4, 0.5) is 0 Å². The number of phenols is 1. The largest absolute Gasteiger partial charge is 0.508 e. The topological polar surface area (TPSA) is 162 Å². The standard InChI is InChI=1S/C15H21N3O6/c1-8(19)13(18-12(21)7-16)14(22)17-11(15(23)24)6-9-2-4-10(20)5-3-9/h2-5,8,11,13,19-20H,6-7,16H2,1H3,(H,17,22)(H,18,21)(H,23,24). The number of aliphatic hydroxyl groups is 1. The molecular weight excluding hydrogens is 318 g/mol. The maximum absolute atomic E-state index is 12.2. The van der Waals surface area contributed by atoms with Gasteiger partial charge in [0.25, 0.3) is 0 Å². The number of aromatic hydroxyl groups is 1. The lowest BCUT2D eigenvalue weighted by Gasteiger charge is -2.23. The summed E-state index contributed by atoms with van der Waals surface area (Å²) >= 11 is 0. The van der Waals surface area contributed by atoms with Crippen molar-refractivity contribution < 1.29 is 29.7 Å². The molecule has 9 heteroatoms. The first-order valence-electron chi connectivity index (χ1n) is 7.23. The molecule has 1 aromatic rings. The molecule has 0 fully saturated rings. The Hall–Kier alpha value is -2.65. The lowest BCUT2D eigenvalue weighted by atomic mass is 10.0. The van der Waals surface area contributed by atoms with Gasteiger partial charge in [-0.2, -0.15) is 0 Å². The zero-order valence-electron chi connectivity index (χ0n) is 13.1. The number of carbonyl (C=O) groups is 3. The number of benzene rings is 1. The molecule has 0 bridgehead atoms. The van der Waals surface area contributed by atoms with Crippen LogP contribution in [0.3, 0.4) is 0 Å². The summed E-state index contributed by atoms with van der Waals surface area (Å²) in [5.74, 6) is -2.72. The summed E-state index contributed by atoms with van der Waals surface area (Å²) in [6, 6.07) is 3.27. The zero-order chi connectivity index (χ0) is 18.3. The van der Waals surface area contributed by atoms with Crippen molar-refractivity contribution in [2.45, 2.75) is 31.5 Å². The lowest BCUT2D eigenvalue weighted by Crippen LogP contribution is -2.56. The monoisotopic (exact) mass is 339 g/mol. The van der Waals surface area contributed by atoms with Crippen molar-refractivity contribution in [1.29, 1.82) is 0 Å². The van der Waals surface area contributed by atoms with Crippen LogP contribution in [0.15, 0.2) is 24.3 Å². The Labute approximate surface area is 138 Å². The molecule has 0 saturated heterocycles. The molecule has 0 radical (unpaired) electrons. The highest BCUT2D eigenvalue weighted by molar-refractivity contribution is 5.91. The predicted molar refractivity (Wildman–Crippen MR) is 84.0 cm³/mol.